The Morgan fingerprint density at radius 2 is 1.07 bits per heavy atom. The number of rotatable bonds is 23. The van der Waals surface area contributed by atoms with Gasteiger partial charge in [-0.25, -0.2) is 19.3 Å². The number of ether oxygens (including phenoxy) is 2. The van der Waals surface area contributed by atoms with Gasteiger partial charge < -0.3 is 35.4 Å². The van der Waals surface area contributed by atoms with Crippen molar-refractivity contribution in [2.45, 2.75) is 135 Å². The molecule has 2 saturated carbocycles. The molecule has 6 aromatic heterocycles. The number of para-hydroxylation sites is 2. The average molecular weight is 1210 g/mol. The molecule has 0 spiro atoms. The van der Waals surface area contributed by atoms with Gasteiger partial charge >= 0.3 is 5.97 Å². The summed E-state index contributed by atoms with van der Waals surface area (Å²) in [7, 11) is -2.61. The number of carboxylic acids is 1. The number of fused-ring (bicyclic) bond motifs is 2. The van der Waals surface area contributed by atoms with Crippen molar-refractivity contribution in [1.29, 1.82) is 0 Å². The number of hydrogen-bond donors (Lipinski definition) is 4. The number of Topliss-reactive ketones (excluding diaryl/α,β-unsaturated/α-hetero) is 2. The number of carbonyl (C=O) groups excluding carboxylic acids is 2. The van der Waals surface area contributed by atoms with E-state index in [2.05, 4.69) is 66.1 Å². The maximum Gasteiger partial charge on any atom is 0.311 e. The molecule has 86 heavy (non-hydrogen) atoms. The number of anilines is 2. The molecule has 6 heterocycles. The van der Waals surface area contributed by atoms with Gasteiger partial charge in [-0.1, -0.05) is 82.3 Å². The topological polar surface area (TPSA) is 256 Å². The molecule has 2 aromatic carbocycles. The summed E-state index contributed by atoms with van der Waals surface area (Å²) in [6, 6.07) is 21.9. The molecule has 2 aliphatic carbocycles. The zero-order valence-electron chi connectivity index (χ0n) is 51.3. The summed E-state index contributed by atoms with van der Waals surface area (Å²) in [5.74, 6) is -0.211. The molecule has 0 radical (unpaired) electrons. The second-order valence-electron chi connectivity index (χ2n) is 25.9. The Bertz CT molecular complexity index is 3670. The van der Waals surface area contributed by atoms with Gasteiger partial charge in [0, 0.05) is 81.4 Å². The van der Waals surface area contributed by atoms with E-state index in [4.69, 9.17) is 30.3 Å². The Labute approximate surface area is 505 Å². The van der Waals surface area contributed by atoms with Crippen molar-refractivity contribution in [3.63, 3.8) is 0 Å². The lowest BCUT2D eigenvalue weighted by Gasteiger charge is -2.38. The van der Waals surface area contributed by atoms with Crippen LogP contribution in [-0.4, -0.2) is 138 Å². The van der Waals surface area contributed by atoms with Crippen LogP contribution in [-0.2, 0) is 19.1 Å². The lowest BCUT2D eigenvalue weighted by molar-refractivity contribution is -0.154. The Balaban J connectivity index is 0.000000220. The number of nitrogen functional groups attached to an aromatic ring is 1. The largest absolute Gasteiger partial charge is 0.481 e. The Kier molecular flexibility index (Phi) is 19.2. The maximum atomic E-state index is 12.7. The van der Waals surface area contributed by atoms with E-state index < -0.39 is 39.6 Å². The van der Waals surface area contributed by atoms with Gasteiger partial charge in [0.15, 0.2) is 17.1 Å². The minimum absolute atomic E-state index is 0.0540. The van der Waals surface area contributed by atoms with E-state index in [0.717, 1.165) is 86.9 Å². The van der Waals surface area contributed by atoms with Crippen LogP contribution in [0.25, 0.3) is 50.5 Å². The highest BCUT2D eigenvalue weighted by atomic mass is 28.3. The maximum absolute atomic E-state index is 12.7. The smallest absolute Gasteiger partial charge is 0.311 e. The van der Waals surface area contributed by atoms with Gasteiger partial charge in [-0.3, -0.25) is 14.4 Å². The van der Waals surface area contributed by atoms with Crippen LogP contribution in [0.4, 0.5) is 11.6 Å². The summed E-state index contributed by atoms with van der Waals surface area (Å²) in [4.78, 5) is 49.5. The first-order valence-corrected chi connectivity index (χ1v) is 37.2. The molecule has 2 fully saturated rings. The van der Waals surface area contributed by atoms with E-state index in [-0.39, 0.29) is 35.8 Å². The number of aliphatic carboxylic acids is 1. The van der Waals surface area contributed by atoms with Crippen molar-refractivity contribution >= 4 is 62.2 Å². The molecule has 0 bridgehead atoms. The van der Waals surface area contributed by atoms with E-state index >= 15 is 0 Å². The van der Waals surface area contributed by atoms with Crippen molar-refractivity contribution in [3.8, 4) is 33.6 Å². The van der Waals surface area contributed by atoms with Gasteiger partial charge in [-0.05, 0) is 114 Å². The first-order chi connectivity index (χ1) is 41.0. The SMILES string of the molecule is C=C(C)c1c(C2CCC(CO)(C(C)=O)CC2)nc2c(-c3cnn(-c4ccccc4)c3)cnn2c1N(COCC[Si](C)(C)C)COCC[Si](C)(C)C.CC(=O)c1c(C2CCC(CO)(C(=O)O)CC2)nc2c(-c3cnn(-c4ccccc4)c3)cnn2c1N. The van der Waals surface area contributed by atoms with Gasteiger partial charge in [0.2, 0.25) is 0 Å². The van der Waals surface area contributed by atoms with Crippen molar-refractivity contribution < 1.29 is 39.2 Å². The number of carbonyl (C=O) groups is 3. The highest BCUT2D eigenvalue weighted by molar-refractivity contribution is 6.76. The second kappa shape index (κ2) is 26.2. The van der Waals surface area contributed by atoms with Crippen LogP contribution in [0.3, 0.4) is 0 Å². The fourth-order valence-corrected chi connectivity index (χ4v) is 13.2. The van der Waals surface area contributed by atoms with Crippen LogP contribution in [0.5, 0.6) is 0 Å². The molecular formula is C64H84N12O8Si2. The van der Waals surface area contributed by atoms with Gasteiger partial charge in [0.25, 0.3) is 0 Å². The number of carboxylic acid groups (broad SMARTS) is 1. The third kappa shape index (κ3) is 13.7. The number of nitrogens with zero attached hydrogens (tertiary/aromatic N) is 11. The molecule has 2 aliphatic rings. The van der Waals surface area contributed by atoms with E-state index in [1.807, 2.05) is 102 Å². The van der Waals surface area contributed by atoms with Crippen LogP contribution in [0.1, 0.15) is 111 Å². The average Bonchev–Trinajstić information content (AvgIpc) is 1.69. The number of aromatic nitrogens is 10. The molecule has 10 rings (SSSR count). The number of aliphatic hydroxyl groups excluding tert-OH is 2. The Morgan fingerprint density at radius 3 is 1.48 bits per heavy atom. The van der Waals surface area contributed by atoms with Gasteiger partial charge in [-0.15, -0.1) is 0 Å². The molecular weight excluding hydrogens is 1120 g/mol. The third-order valence-corrected chi connectivity index (χ3v) is 20.6. The first kappa shape index (κ1) is 63.0. The molecule has 22 heteroatoms. The minimum Gasteiger partial charge on any atom is -0.481 e. The zero-order chi connectivity index (χ0) is 61.7. The number of ketones is 2. The second-order valence-corrected chi connectivity index (χ2v) is 37.2. The standard InChI is InChI=1S/C39H58N6O4Si2.C25H26N6O4/c1-29(2)35-36(31-15-17-39(26-46,18-16-31)30(3)47)42-37-34(32-23-40-44(25-32)33-13-11-10-12-14-33)24-41-45(37)38(35)43(27-48-19-21-50(4,5)6)28-49-20-22-51(7,8)9;1-15(33)20-21(16-7-9-25(14-32,10-8-16)24(34)35)29-23-19(12-28-31(23)22(20)26)17-11-27-30(13-17)18-5-3-2-4-6-18/h10-14,23-25,31,46H,1,15-22,26-28H2,2-9H3;2-6,11-13,16,32H,7-10,14,26H2,1H3,(H,34,35). The lowest BCUT2D eigenvalue weighted by atomic mass is 9.67. The number of allylic oxidation sites excluding steroid dienone is 1. The van der Waals surface area contributed by atoms with Crippen LogP contribution in [0.15, 0.2) is 104 Å². The summed E-state index contributed by atoms with van der Waals surface area (Å²) >= 11 is 0. The summed E-state index contributed by atoms with van der Waals surface area (Å²) in [5.41, 5.74) is 14.6. The number of aliphatic hydroxyl groups is 2. The number of hydrogen-bond acceptors (Lipinski definition) is 15. The molecule has 20 nitrogen and oxygen atoms in total. The molecule has 0 saturated heterocycles. The quantitative estimate of drug-likeness (QED) is 0.0201. The normalized spacial score (nSPS) is 19.1. The first-order valence-electron chi connectivity index (χ1n) is 29.8. The van der Waals surface area contributed by atoms with Crippen molar-refractivity contribution in [2.24, 2.45) is 10.8 Å². The fourth-order valence-electron chi connectivity index (χ4n) is 11.7. The number of benzene rings is 2. The van der Waals surface area contributed by atoms with E-state index in [1.165, 1.54) is 11.4 Å². The highest BCUT2D eigenvalue weighted by Gasteiger charge is 2.44. The molecule has 0 atom stereocenters. The van der Waals surface area contributed by atoms with Crippen molar-refractivity contribution in [1.82, 2.24) is 48.8 Å². The van der Waals surface area contributed by atoms with Crippen LogP contribution in [0, 0.1) is 10.8 Å². The monoisotopic (exact) mass is 1200 g/mol. The zero-order valence-corrected chi connectivity index (χ0v) is 53.3. The summed E-state index contributed by atoms with van der Waals surface area (Å²) in [6.07, 6.45) is 15.2. The summed E-state index contributed by atoms with van der Waals surface area (Å²) in [6.45, 7) is 25.2. The minimum atomic E-state index is -1.31. The Morgan fingerprint density at radius 1 is 0.640 bits per heavy atom. The lowest BCUT2D eigenvalue weighted by Crippen LogP contribution is -2.38. The molecule has 8 aromatic rings. The Hall–Kier alpha value is -7.48. The molecule has 5 N–H and O–H groups in total. The van der Waals surface area contributed by atoms with Crippen molar-refractivity contribution in [3.05, 3.63) is 127 Å². The molecule has 0 unspecified atom stereocenters. The van der Waals surface area contributed by atoms with E-state index in [1.54, 1.807) is 24.0 Å². The predicted octanol–water partition coefficient (Wildman–Crippen LogP) is 11.4. The third-order valence-electron chi connectivity index (χ3n) is 17.2. The van der Waals surface area contributed by atoms with E-state index in [9.17, 15) is 29.7 Å². The van der Waals surface area contributed by atoms with Gasteiger partial charge in [0.05, 0.1) is 77.2 Å². The summed E-state index contributed by atoms with van der Waals surface area (Å²) in [5, 5.41) is 48.2. The van der Waals surface area contributed by atoms with Crippen LogP contribution in [0.2, 0.25) is 51.4 Å². The molecule has 0 amide bonds. The van der Waals surface area contributed by atoms with E-state index in [0.29, 0.717) is 82.1 Å². The van der Waals surface area contributed by atoms with Gasteiger partial charge in [-0.2, -0.15) is 29.4 Å². The number of nitrogens with two attached hydrogens (primary N) is 1. The van der Waals surface area contributed by atoms with Gasteiger partial charge in [0.1, 0.15) is 30.9 Å². The predicted molar refractivity (Wildman–Crippen MR) is 340 cm³/mol. The van der Waals surface area contributed by atoms with Crippen LogP contribution >= 0.6 is 0 Å². The van der Waals surface area contributed by atoms with Crippen molar-refractivity contribution in [2.75, 3.05) is 50.5 Å². The van der Waals surface area contributed by atoms with Crippen LogP contribution < -0.4 is 10.6 Å². The fraction of sp³-hybridized carbons (Fsp3) is 0.453. The summed E-state index contributed by atoms with van der Waals surface area (Å²) < 4.78 is 19.9. The highest BCUT2D eigenvalue weighted by Crippen LogP contribution is 2.48. The molecule has 0 aliphatic heterocycles. The molecule has 456 valence electrons.